The molecule has 1 N–H and O–H groups in total. The van der Waals surface area contributed by atoms with Crippen LogP contribution in [-0.2, 0) is 14.8 Å². The standard InChI is InChI=1S/C13H17NO4S/c1-3-13(12(15)16)8-14(9-13)19(17,18)11-6-4-5-10(2)7-11/h4-7H,3,8-9H2,1-2H3,(H,15,16). The third kappa shape index (κ3) is 2.26. The first kappa shape index (κ1) is 14.0. The molecule has 1 fully saturated rings. The van der Waals surface area contributed by atoms with Gasteiger partial charge in [-0.05, 0) is 31.0 Å². The number of benzene rings is 1. The average Bonchev–Trinajstić information content (AvgIpc) is 2.27. The lowest BCUT2D eigenvalue weighted by atomic mass is 9.79. The Morgan fingerprint density at radius 3 is 2.53 bits per heavy atom. The Balaban J connectivity index is 2.23. The summed E-state index contributed by atoms with van der Waals surface area (Å²) in [6.45, 7) is 3.69. The number of hydrogen-bond donors (Lipinski definition) is 1. The molecule has 5 nitrogen and oxygen atoms in total. The van der Waals surface area contributed by atoms with Crippen molar-refractivity contribution < 1.29 is 18.3 Å². The van der Waals surface area contributed by atoms with Crippen molar-refractivity contribution in [3.05, 3.63) is 29.8 Å². The number of aliphatic carboxylic acids is 1. The summed E-state index contributed by atoms with van der Waals surface area (Å²) in [7, 11) is -3.57. The second kappa shape index (κ2) is 4.61. The fraction of sp³-hybridized carbons (Fsp3) is 0.462. The maximum Gasteiger partial charge on any atom is 0.312 e. The van der Waals surface area contributed by atoms with Gasteiger partial charge in [-0.1, -0.05) is 19.1 Å². The van der Waals surface area contributed by atoms with Crippen molar-refractivity contribution in [2.24, 2.45) is 5.41 Å². The van der Waals surface area contributed by atoms with Crippen LogP contribution in [0.4, 0.5) is 0 Å². The highest BCUT2D eigenvalue weighted by molar-refractivity contribution is 7.89. The van der Waals surface area contributed by atoms with Gasteiger partial charge in [-0.15, -0.1) is 0 Å². The third-order valence-corrected chi connectivity index (χ3v) is 5.50. The SMILES string of the molecule is CCC1(C(=O)O)CN(S(=O)(=O)c2cccc(C)c2)C1. The van der Waals surface area contributed by atoms with Gasteiger partial charge in [0.15, 0.2) is 0 Å². The molecular weight excluding hydrogens is 266 g/mol. The second-order valence-corrected chi connectivity index (χ2v) is 6.97. The normalized spacial score (nSPS) is 18.8. The molecule has 19 heavy (non-hydrogen) atoms. The van der Waals surface area contributed by atoms with E-state index in [1.165, 1.54) is 10.4 Å². The van der Waals surface area contributed by atoms with Gasteiger partial charge in [-0.2, -0.15) is 4.31 Å². The lowest BCUT2D eigenvalue weighted by Gasteiger charge is -2.45. The van der Waals surface area contributed by atoms with Crippen molar-refractivity contribution in [1.29, 1.82) is 0 Å². The first-order chi connectivity index (χ1) is 8.82. The van der Waals surface area contributed by atoms with E-state index in [-0.39, 0.29) is 18.0 Å². The van der Waals surface area contributed by atoms with Gasteiger partial charge >= 0.3 is 5.97 Å². The number of carboxylic acid groups (broad SMARTS) is 1. The summed E-state index contributed by atoms with van der Waals surface area (Å²) in [4.78, 5) is 11.4. The summed E-state index contributed by atoms with van der Waals surface area (Å²) in [5.41, 5.74) is -0.0572. The van der Waals surface area contributed by atoms with Crippen LogP contribution in [0.5, 0.6) is 0 Å². The van der Waals surface area contributed by atoms with Crippen LogP contribution in [0.1, 0.15) is 18.9 Å². The lowest BCUT2D eigenvalue weighted by molar-refractivity contribution is -0.156. The Hall–Kier alpha value is -1.40. The van der Waals surface area contributed by atoms with Crippen LogP contribution in [0.15, 0.2) is 29.2 Å². The molecule has 1 aliphatic rings. The Labute approximate surface area is 112 Å². The van der Waals surface area contributed by atoms with E-state index < -0.39 is 21.4 Å². The van der Waals surface area contributed by atoms with Crippen molar-refractivity contribution in [1.82, 2.24) is 4.31 Å². The molecule has 6 heteroatoms. The van der Waals surface area contributed by atoms with Gasteiger partial charge in [-0.25, -0.2) is 8.42 Å². The maximum absolute atomic E-state index is 12.3. The molecule has 2 rings (SSSR count). The van der Waals surface area contributed by atoms with E-state index in [0.29, 0.717) is 6.42 Å². The zero-order valence-corrected chi connectivity index (χ0v) is 11.8. The number of hydrogen-bond acceptors (Lipinski definition) is 3. The minimum absolute atomic E-state index is 0.0507. The van der Waals surface area contributed by atoms with E-state index in [9.17, 15) is 13.2 Å². The summed E-state index contributed by atoms with van der Waals surface area (Å²) < 4.78 is 25.9. The van der Waals surface area contributed by atoms with Crippen molar-refractivity contribution in [2.75, 3.05) is 13.1 Å². The fourth-order valence-corrected chi connectivity index (χ4v) is 3.95. The number of rotatable bonds is 4. The molecule has 0 spiro atoms. The van der Waals surface area contributed by atoms with E-state index in [2.05, 4.69) is 0 Å². The zero-order valence-electron chi connectivity index (χ0n) is 11.0. The molecule has 1 aliphatic heterocycles. The zero-order chi connectivity index (χ0) is 14.3. The van der Waals surface area contributed by atoms with Crippen molar-refractivity contribution in [3.8, 4) is 0 Å². The quantitative estimate of drug-likeness (QED) is 0.908. The summed E-state index contributed by atoms with van der Waals surface area (Å²) >= 11 is 0. The maximum atomic E-state index is 12.3. The van der Waals surface area contributed by atoms with Crippen molar-refractivity contribution in [3.63, 3.8) is 0 Å². The molecule has 0 atom stereocenters. The summed E-state index contributed by atoms with van der Waals surface area (Å²) in [6.07, 6.45) is 0.433. The molecule has 104 valence electrons. The molecule has 0 bridgehead atoms. The van der Waals surface area contributed by atoms with Gasteiger partial charge in [0.1, 0.15) is 0 Å². The molecule has 0 amide bonds. The number of aryl methyl sites for hydroxylation is 1. The van der Waals surface area contributed by atoms with Crippen LogP contribution in [0.25, 0.3) is 0 Å². The van der Waals surface area contributed by atoms with Gasteiger partial charge in [0.25, 0.3) is 0 Å². The first-order valence-corrected chi connectivity index (χ1v) is 7.56. The largest absolute Gasteiger partial charge is 0.481 e. The van der Waals surface area contributed by atoms with Crippen LogP contribution >= 0.6 is 0 Å². The van der Waals surface area contributed by atoms with Gasteiger partial charge < -0.3 is 5.11 Å². The smallest absolute Gasteiger partial charge is 0.312 e. The molecule has 1 saturated heterocycles. The van der Waals surface area contributed by atoms with E-state index in [1.807, 2.05) is 13.0 Å². The summed E-state index contributed by atoms with van der Waals surface area (Å²) in [6, 6.07) is 6.64. The summed E-state index contributed by atoms with van der Waals surface area (Å²) in [5.74, 6) is -0.925. The molecule has 1 aromatic rings. The molecule has 1 aromatic carbocycles. The molecule has 0 aliphatic carbocycles. The average molecular weight is 283 g/mol. The summed E-state index contributed by atoms with van der Waals surface area (Å²) in [5, 5.41) is 9.16. The topological polar surface area (TPSA) is 74.7 Å². The van der Waals surface area contributed by atoms with Gasteiger partial charge in [-0.3, -0.25) is 4.79 Å². The first-order valence-electron chi connectivity index (χ1n) is 6.12. The van der Waals surface area contributed by atoms with E-state index in [1.54, 1.807) is 19.1 Å². The fourth-order valence-electron chi connectivity index (χ4n) is 2.23. The highest BCUT2D eigenvalue weighted by Gasteiger charge is 2.52. The van der Waals surface area contributed by atoms with Crippen LogP contribution in [-0.4, -0.2) is 36.9 Å². The predicted molar refractivity (Wildman–Crippen MR) is 70.3 cm³/mol. The Bertz CT molecular complexity index is 603. The highest BCUT2D eigenvalue weighted by atomic mass is 32.2. The van der Waals surface area contributed by atoms with E-state index in [0.717, 1.165) is 5.56 Å². The molecular formula is C13H17NO4S. The molecule has 0 saturated carbocycles. The minimum atomic E-state index is -3.57. The molecule has 1 heterocycles. The van der Waals surface area contributed by atoms with Gasteiger partial charge in [0.05, 0.1) is 10.3 Å². The van der Waals surface area contributed by atoms with Crippen molar-refractivity contribution in [2.45, 2.75) is 25.2 Å². The Morgan fingerprint density at radius 2 is 2.05 bits per heavy atom. The van der Waals surface area contributed by atoms with Gasteiger partial charge in [0.2, 0.25) is 10.0 Å². The number of sulfonamides is 1. The van der Waals surface area contributed by atoms with Crippen LogP contribution in [0, 0.1) is 12.3 Å². The molecule has 0 radical (unpaired) electrons. The van der Waals surface area contributed by atoms with Crippen LogP contribution in [0.3, 0.4) is 0 Å². The lowest BCUT2D eigenvalue weighted by Crippen LogP contribution is -2.61. The Morgan fingerprint density at radius 1 is 1.42 bits per heavy atom. The molecule has 0 unspecified atom stereocenters. The number of carbonyl (C=O) groups is 1. The van der Waals surface area contributed by atoms with Crippen molar-refractivity contribution >= 4 is 16.0 Å². The minimum Gasteiger partial charge on any atom is -0.481 e. The number of nitrogens with zero attached hydrogens (tertiary/aromatic N) is 1. The van der Waals surface area contributed by atoms with E-state index in [4.69, 9.17) is 5.11 Å². The third-order valence-electron chi connectivity index (χ3n) is 3.72. The van der Waals surface area contributed by atoms with Crippen LogP contribution < -0.4 is 0 Å². The second-order valence-electron chi connectivity index (χ2n) is 5.03. The Kier molecular flexibility index (Phi) is 3.40. The van der Waals surface area contributed by atoms with Crippen LogP contribution in [0.2, 0.25) is 0 Å². The monoisotopic (exact) mass is 283 g/mol. The highest BCUT2D eigenvalue weighted by Crippen LogP contribution is 2.37. The number of carboxylic acids is 1. The molecule has 0 aromatic heterocycles. The predicted octanol–water partition coefficient (Wildman–Crippen LogP) is 1.48. The van der Waals surface area contributed by atoms with E-state index >= 15 is 0 Å². The van der Waals surface area contributed by atoms with Gasteiger partial charge in [0, 0.05) is 13.1 Å².